The largest absolute Gasteiger partial charge is 0.391 e. The second-order valence-corrected chi connectivity index (χ2v) is 5.54. The number of aliphatic hydroxyl groups excluding tert-OH is 1. The molecule has 1 aromatic rings. The lowest BCUT2D eigenvalue weighted by Crippen LogP contribution is -2.19. The van der Waals surface area contributed by atoms with E-state index >= 15 is 0 Å². The number of hydrogen-bond donors (Lipinski definition) is 1. The van der Waals surface area contributed by atoms with Gasteiger partial charge in [-0.25, -0.2) is 4.98 Å². The van der Waals surface area contributed by atoms with Crippen molar-refractivity contribution >= 4 is 16.5 Å². The van der Waals surface area contributed by atoms with Crippen LogP contribution < -0.4 is 4.90 Å². The van der Waals surface area contributed by atoms with E-state index in [9.17, 15) is 5.11 Å². The van der Waals surface area contributed by atoms with Crippen LogP contribution in [0.1, 0.15) is 37.8 Å². The summed E-state index contributed by atoms with van der Waals surface area (Å²) in [6.45, 7) is 7.67. The molecule has 0 saturated heterocycles. The third-order valence-electron chi connectivity index (χ3n) is 2.61. The van der Waals surface area contributed by atoms with Crippen LogP contribution >= 0.6 is 11.3 Å². The minimum Gasteiger partial charge on any atom is -0.391 e. The van der Waals surface area contributed by atoms with Gasteiger partial charge in [-0.15, -0.1) is 0 Å². The lowest BCUT2D eigenvalue weighted by atomic mass is 10.1. The van der Waals surface area contributed by atoms with E-state index in [0.717, 1.165) is 28.7 Å². The first-order valence-electron chi connectivity index (χ1n) is 5.89. The van der Waals surface area contributed by atoms with Crippen LogP contribution in [0.25, 0.3) is 0 Å². The minimum absolute atomic E-state index is 0.110. The van der Waals surface area contributed by atoms with Crippen molar-refractivity contribution in [2.24, 2.45) is 5.92 Å². The van der Waals surface area contributed by atoms with E-state index in [1.165, 1.54) is 6.42 Å². The quantitative estimate of drug-likeness (QED) is 0.833. The molecule has 92 valence electrons. The van der Waals surface area contributed by atoms with Gasteiger partial charge in [0, 0.05) is 13.6 Å². The first-order chi connectivity index (χ1) is 7.58. The summed E-state index contributed by atoms with van der Waals surface area (Å²) in [5, 5.41) is 10.2. The van der Waals surface area contributed by atoms with Crippen LogP contribution in [0.15, 0.2) is 0 Å². The fourth-order valence-electron chi connectivity index (χ4n) is 1.48. The number of aryl methyl sites for hydroxylation is 1. The van der Waals surface area contributed by atoms with E-state index in [4.69, 9.17) is 0 Å². The first kappa shape index (κ1) is 13.5. The molecule has 1 aromatic heterocycles. The fraction of sp³-hybridized carbons (Fsp3) is 0.750. The highest BCUT2D eigenvalue weighted by atomic mass is 32.1. The van der Waals surface area contributed by atoms with E-state index in [2.05, 4.69) is 37.7 Å². The van der Waals surface area contributed by atoms with Crippen molar-refractivity contribution < 1.29 is 5.11 Å². The number of thiazole rings is 1. The van der Waals surface area contributed by atoms with Crippen molar-refractivity contribution in [1.82, 2.24) is 4.98 Å². The molecule has 16 heavy (non-hydrogen) atoms. The molecule has 0 aliphatic rings. The van der Waals surface area contributed by atoms with Crippen LogP contribution in [0.4, 0.5) is 5.13 Å². The number of aliphatic hydroxyl groups is 1. The van der Waals surface area contributed by atoms with Gasteiger partial charge in [0.1, 0.15) is 0 Å². The Morgan fingerprint density at radius 1 is 1.44 bits per heavy atom. The monoisotopic (exact) mass is 242 g/mol. The van der Waals surface area contributed by atoms with Crippen molar-refractivity contribution in [1.29, 1.82) is 0 Å². The Balaban J connectivity index is 2.68. The summed E-state index contributed by atoms with van der Waals surface area (Å²) in [5.41, 5.74) is 1.04. The number of rotatable bonds is 6. The predicted octanol–water partition coefficient (Wildman–Crippen LogP) is 2.68. The lowest BCUT2D eigenvalue weighted by molar-refractivity contribution is 0.284. The third kappa shape index (κ3) is 3.46. The second kappa shape index (κ2) is 6.21. The highest BCUT2D eigenvalue weighted by molar-refractivity contribution is 7.15. The third-order valence-corrected chi connectivity index (χ3v) is 3.81. The van der Waals surface area contributed by atoms with Gasteiger partial charge in [-0.1, -0.05) is 32.1 Å². The normalized spacial score (nSPS) is 11.1. The zero-order valence-electron chi connectivity index (χ0n) is 10.7. The molecular formula is C12H22N2OS. The summed E-state index contributed by atoms with van der Waals surface area (Å²) in [6, 6.07) is 0. The fourth-order valence-corrected chi connectivity index (χ4v) is 2.48. The second-order valence-electron chi connectivity index (χ2n) is 4.48. The maximum Gasteiger partial charge on any atom is 0.185 e. The summed E-state index contributed by atoms with van der Waals surface area (Å²) < 4.78 is 0. The average Bonchev–Trinajstić information content (AvgIpc) is 2.68. The molecule has 0 bridgehead atoms. The molecule has 3 nitrogen and oxygen atoms in total. The van der Waals surface area contributed by atoms with E-state index in [0.29, 0.717) is 5.92 Å². The van der Waals surface area contributed by atoms with Gasteiger partial charge in [0.25, 0.3) is 0 Å². The summed E-state index contributed by atoms with van der Waals surface area (Å²) in [7, 11) is 2.07. The van der Waals surface area contributed by atoms with Gasteiger partial charge in [-0.3, -0.25) is 0 Å². The molecule has 1 rings (SSSR count). The minimum atomic E-state index is 0.110. The number of aromatic nitrogens is 1. The molecular weight excluding hydrogens is 220 g/mol. The van der Waals surface area contributed by atoms with Crippen LogP contribution in [0.2, 0.25) is 0 Å². The SMILES string of the molecule is CCc1nc(N(C)CCC(C)C)sc1CO. The van der Waals surface area contributed by atoms with E-state index in [1.54, 1.807) is 11.3 Å². The Morgan fingerprint density at radius 3 is 2.56 bits per heavy atom. The van der Waals surface area contributed by atoms with E-state index < -0.39 is 0 Å². The zero-order chi connectivity index (χ0) is 12.1. The molecule has 0 saturated carbocycles. The molecule has 0 aliphatic heterocycles. The van der Waals surface area contributed by atoms with Gasteiger partial charge >= 0.3 is 0 Å². The maximum absolute atomic E-state index is 9.21. The standard InChI is InChI=1S/C12H22N2OS/c1-5-10-11(8-15)16-12(13-10)14(4)7-6-9(2)3/h9,15H,5-8H2,1-4H3. The molecule has 4 heteroatoms. The molecule has 1 N–H and O–H groups in total. The van der Waals surface area contributed by atoms with Gasteiger partial charge in [-0.05, 0) is 18.8 Å². The van der Waals surface area contributed by atoms with Crippen molar-refractivity contribution in [2.75, 3.05) is 18.5 Å². The van der Waals surface area contributed by atoms with Crippen molar-refractivity contribution in [2.45, 2.75) is 40.2 Å². The molecule has 1 heterocycles. The lowest BCUT2D eigenvalue weighted by Gasteiger charge is -2.16. The first-order valence-corrected chi connectivity index (χ1v) is 6.70. The van der Waals surface area contributed by atoms with Crippen LogP contribution in [-0.4, -0.2) is 23.7 Å². The summed E-state index contributed by atoms with van der Waals surface area (Å²) in [6.07, 6.45) is 2.07. The van der Waals surface area contributed by atoms with Crippen molar-refractivity contribution in [3.8, 4) is 0 Å². The zero-order valence-corrected chi connectivity index (χ0v) is 11.5. The maximum atomic E-state index is 9.21. The van der Waals surface area contributed by atoms with Crippen molar-refractivity contribution in [3.05, 3.63) is 10.6 Å². The number of nitrogens with zero attached hydrogens (tertiary/aromatic N) is 2. The molecule has 0 radical (unpaired) electrons. The summed E-state index contributed by atoms with van der Waals surface area (Å²) >= 11 is 1.61. The molecule has 0 aliphatic carbocycles. The Morgan fingerprint density at radius 2 is 2.12 bits per heavy atom. The Labute approximate surface area is 102 Å². The summed E-state index contributed by atoms with van der Waals surface area (Å²) in [4.78, 5) is 7.75. The summed E-state index contributed by atoms with van der Waals surface area (Å²) in [5.74, 6) is 0.713. The van der Waals surface area contributed by atoms with E-state index in [1.807, 2.05) is 0 Å². The smallest absolute Gasteiger partial charge is 0.185 e. The highest BCUT2D eigenvalue weighted by Crippen LogP contribution is 2.26. The molecule has 0 unspecified atom stereocenters. The van der Waals surface area contributed by atoms with Gasteiger partial charge in [0.15, 0.2) is 5.13 Å². The highest BCUT2D eigenvalue weighted by Gasteiger charge is 2.12. The average molecular weight is 242 g/mol. The van der Waals surface area contributed by atoms with Gasteiger partial charge < -0.3 is 10.0 Å². The Kier molecular flexibility index (Phi) is 5.22. The van der Waals surface area contributed by atoms with E-state index in [-0.39, 0.29) is 6.61 Å². The molecule has 0 amide bonds. The predicted molar refractivity (Wildman–Crippen MR) is 70.1 cm³/mol. The Bertz CT molecular complexity index is 301. The molecule has 0 spiro atoms. The van der Waals surface area contributed by atoms with Gasteiger partial charge in [0.2, 0.25) is 0 Å². The van der Waals surface area contributed by atoms with Crippen LogP contribution in [0, 0.1) is 5.92 Å². The topological polar surface area (TPSA) is 36.4 Å². The number of anilines is 1. The van der Waals surface area contributed by atoms with Crippen LogP contribution in [0.5, 0.6) is 0 Å². The van der Waals surface area contributed by atoms with Gasteiger partial charge in [-0.2, -0.15) is 0 Å². The Hall–Kier alpha value is -0.610. The molecule has 0 fully saturated rings. The molecule has 0 aromatic carbocycles. The molecule has 0 atom stereocenters. The van der Waals surface area contributed by atoms with Crippen LogP contribution in [-0.2, 0) is 13.0 Å². The van der Waals surface area contributed by atoms with Gasteiger partial charge in [0.05, 0.1) is 17.2 Å². The number of hydrogen-bond acceptors (Lipinski definition) is 4. The van der Waals surface area contributed by atoms with Crippen molar-refractivity contribution in [3.63, 3.8) is 0 Å². The van der Waals surface area contributed by atoms with Crippen LogP contribution in [0.3, 0.4) is 0 Å².